The number of carbonyl (C=O) groups is 2. The minimum atomic E-state index is -0.493. The average Bonchev–Trinajstić information content (AvgIpc) is 2.76. The van der Waals surface area contributed by atoms with Gasteiger partial charge in [0.25, 0.3) is 0 Å². The molecule has 1 unspecified atom stereocenters. The molecule has 6 nitrogen and oxygen atoms in total. The van der Waals surface area contributed by atoms with Crippen LogP contribution >= 0.6 is 0 Å². The lowest BCUT2D eigenvalue weighted by atomic mass is 9.94. The predicted octanol–water partition coefficient (Wildman–Crippen LogP) is 3.84. The van der Waals surface area contributed by atoms with E-state index in [1.54, 1.807) is 4.90 Å². The molecule has 0 aliphatic carbocycles. The molecule has 2 amide bonds. The zero-order valence-electron chi connectivity index (χ0n) is 18.8. The first-order chi connectivity index (χ1) is 14.7. The van der Waals surface area contributed by atoms with Crippen LogP contribution in [0.1, 0.15) is 38.8 Å². The van der Waals surface area contributed by atoms with Crippen LogP contribution in [-0.2, 0) is 22.6 Å². The fraction of sp³-hybridized carbons (Fsp3) is 0.440. The summed E-state index contributed by atoms with van der Waals surface area (Å²) in [5, 5.41) is 3.04. The van der Waals surface area contributed by atoms with Crippen molar-refractivity contribution in [2.75, 3.05) is 29.9 Å². The number of carbonyl (C=O) groups excluding carboxylic acids is 2. The van der Waals surface area contributed by atoms with Crippen molar-refractivity contribution in [3.63, 3.8) is 0 Å². The Morgan fingerprint density at radius 1 is 1.06 bits per heavy atom. The summed E-state index contributed by atoms with van der Waals surface area (Å²) in [5.74, 6) is 0.660. The quantitative estimate of drug-likeness (QED) is 0.818. The Hall–Kier alpha value is -2.86. The van der Waals surface area contributed by atoms with Crippen molar-refractivity contribution in [3.05, 3.63) is 53.6 Å². The first-order valence-corrected chi connectivity index (χ1v) is 10.9. The number of anilines is 2. The lowest BCUT2D eigenvalue weighted by molar-refractivity contribution is -0.126. The molecule has 6 heteroatoms. The highest BCUT2D eigenvalue weighted by atomic mass is 16.5. The predicted molar refractivity (Wildman–Crippen MR) is 122 cm³/mol. The number of nitrogens with one attached hydrogen (secondary N) is 1. The molecule has 2 aliphatic rings. The highest BCUT2D eigenvalue weighted by Gasteiger charge is 2.32. The van der Waals surface area contributed by atoms with E-state index in [0.717, 1.165) is 19.5 Å². The van der Waals surface area contributed by atoms with Gasteiger partial charge in [-0.1, -0.05) is 45.0 Å². The maximum atomic E-state index is 13.0. The van der Waals surface area contributed by atoms with Gasteiger partial charge >= 0.3 is 0 Å². The largest absolute Gasteiger partial charge is 0.490 e. The van der Waals surface area contributed by atoms with Crippen LogP contribution in [0.25, 0.3) is 0 Å². The molecule has 164 valence electrons. The third kappa shape index (κ3) is 4.44. The first-order valence-electron chi connectivity index (χ1n) is 10.9. The van der Waals surface area contributed by atoms with Crippen LogP contribution in [0.3, 0.4) is 0 Å². The minimum Gasteiger partial charge on any atom is -0.490 e. The summed E-state index contributed by atoms with van der Waals surface area (Å²) >= 11 is 0. The van der Waals surface area contributed by atoms with Crippen LogP contribution in [0.4, 0.5) is 11.4 Å². The zero-order valence-corrected chi connectivity index (χ0v) is 18.8. The summed E-state index contributed by atoms with van der Waals surface area (Å²) in [6, 6.07) is 13.7. The van der Waals surface area contributed by atoms with Crippen LogP contribution in [0, 0.1) is 5.41 Å². The maximum absolute atomic E-state index is 13.0. The Kier molecular flexibility index (Phi) is 5.75. The van der Waals surface area contributed by atoms with Gasteiger partial charge < -0.3 is 15.0 Å². The Labute approximate surface area is 184 Å². The molecule has 0 spiro atoms. The van der Waals surface area contributed by atoms with E-state index in [4.69, 9.17) is 4.74 Å². The zero-order chi connectivity index (χ0) is 22.2. The molecular formula is C25H31N3O3. The first kappa shape index (κ1) is 21.4. The third-order valence-electron chi connectivity index (χ3n) is 6.06. The topological polar surface area (TPSA) is 61.9 Å². The summed E-state index contributed by atoms with van der Waals surface area (Å²) in [4.78, 5) is 29.9. The van der Waals surface area contributed by atoms with Gasteiger partial charge in [0.1, 0.15) is 12.4 Å². The summed E-state index contributed by atoms with van der Waals surface area (Å²) in [5.41, 5.74) is 3.54. The molecule has 2 aromatic carbocycles. The van der Waals surface area contributed by atoms with Crippen molar-refractivity contribution >= 4 is 23.2 Å². The molecule has 31 heavy (non-hydrogen) atoms. The van der Waals surface area contributed by atoms with Crippen LogP contribution in [0.2, 0.25) is 0 Å². The Morgan fingerprint density at radius 3 is 2.55 bits per heavy atom. The van der Waals surface area contributed by atoms with Crippen LogP contribution < -0.4 is 15.0 Å². The molecule has 2 heterocycles. The lowest BCUT2D eigenvalue weighted by Gasteiger charge is -2.34. The van der Waals surface area contributed by atoms with Gasteiger partial charge in [0.2, 0.25) is 11.8 Å². The molecular weight excluding hydrogens is 390 g/mol. The van der Waals surface area contributed by atoms with E-state index in [9.17, 15) is 9.59 Å². The van der Waals surface area contributed by atoms with Gasteiger partial charge in [-0.15, -0.1) is 0 Å². The number of benzene rings is 2. The second-order valence-electron chi connectivity index (χ2n) is 9.39. The molecule has 0 radical (unpaired) electrons. The Balaban J connectivity index is 1.48. The van der Waals surface area contributed by atoms with E-state index in [2.05, 4.69) is 28.4 Å². The van der Waals surface area contributed by atoms with Crippen molar-refractivity contribution in [2.45, 2.75) is 46.7 Å². The third-order valence-corrected chi connectivity index (χ3v) is 6.06. The molecule has 0 bridgehead atoms. The fourth-order valence-electron chi connectivity index (χ4n) is 4.17. The van der Waals surface area contributed by atoms with Crippen molar-refractivity contribution in [3.8, 4) is 5.75 Å². The molecule has 0 saturated heterocycles. The van der Waals surface area contributed by atoms with Gasteiger partial charge in [0, 0.05) is 24.2 Å². The van der Waals surface area contributed by atoms with Gasteiger partial charge in [-0.05, 0) is 42.7 Å². The van der Waals surface area contributed by atoms with E-state index < -0.39 is 5.41 Å². The van der Waals surface area contributed by atoms with Crippen molar-refractivity contribution in [1.82, 2.24) is 4.90 Å². The Bertz CT molecular complexity index is 996. The number of amides is 2. The van der Waals surface area contributed by atoms with Gasteiger partial charge in [0.15, 0.2) is 0 Å². The van der Waals surface area contributed by atoms with E-state index in [-0.39, 0.29) is 17.9 Å². The monoisotopic (exact) mass is 421 g/mol. The SMILES string of the molecule is CC(C(=O)Nc1ccc2c(c1)N(C(=O)C(C)(C)C)CCO2)N1CCc2ccccc2C1. The highest BCUT2D eigenvalue weighted by molar-refractivity contribution is 6.00. The molecule has 0 fully saturated rings. The highest BCUT2D eigenvalue weighted by Crippen LogP contribution is 2.36. The number of nitrogens with zero attached hydrogens (tertiary/aromatic N) is 2. The molecule has 2 aliphatic heterocycles. The lowest BCUT2D eigenvalue weighted by Crippen LogP contribution is -2.45. The van der Waals surface area contributed by atoms with Gasteiger partial charge in [0.05, 0.1) is 18.3 Å². The second kappa shape index (κ2) is 8.35. The number of hydrogen-bond acceptors (Lipinski definition) is 4. The summed E-state index contributed by atoms with van der Waals surface area (Å²) in [7, 11) is 0. The summed E-state index contributed by atoms with van der Waals surface area (Å²) in [6.45, 7) is 10.3. The normalized spacial score (nSPS) is 17.2. The molecule has 1 N–H and O–H groups in total. The standard InChI is InChI=1S/C25H31N3O3/c1-17(27-12-11-18-7-5-6-8-19(18)16-27)23(29)26-20-9-10-22-21(15-20)28(13-14-31-22)24(30)25(2,3)4/h5-10,15,17H,11-14,16H2,1-4H3,(H,26,29). The molecule has 2 aromatic rings. The van der Waals surface area contributed by atoms with Gasteiger partial charge in [-0.25, -0.2) is 0 Å². The second-order valence-corrected chi connectivity index (χ2v) is 9.39. The number of rotatable bonds is 3. The Morgan fingerprint density at radius 2 is 1.81 bits per heavy atom. The molecule has 0 aromatic heterocycles. The summed E-state index contributed by atoms with van der Waals surface area (Å²) in [6.07, 6.45) is 0.952. The summed E-state index contributed by atoms with van der Waals surface area (Å²) < 4.78 is 5.74. The maximum Gasteiger partial charge on any atom is 0.241 e. The van der Waals surface area contributed by atoms with Crippen molar-refractivity contribution < 1.29 is 14.3 Å². The van der Waals surface area contributed by atoms with Crippen LogP contribution in [-0.4, -0.2) is 42.5 Å². The number of hydrogen-bond donors (Lipinski definition) is 1. The van der Waals surface area contributed by atoms with Gasteiger partial charge in [-0.3, -0.25) is 14.5 Å². The van der Waals surface area contributed by atoms with Crippen molar-refractivity contribution in [1.29, 1.82) is 0 Å². The average molecular weight is 422 g/mol. The van der Waals surface area contributed by atoms with Gasteiger partial charge in [-0.2, -0.15) is 0 Å². The molecule has 1 atom stereocenters. The number of ether oxygens (including phenoxy) is 1. The molecule has 4 rings (SSSR count). The van der Waals surface area contributed by atoms with E-state index >= 15 is 0 Å². The van der Waals surface area contributed by atoms with E-state index in [1.807, 2.05) is 52.0 Å². The van der Waals surface area contributed by atoms with Crippen molar-refractivity contribution in [2.24, 2.45) is 5.41 Å². The van der Waals surface area contributed by atoms with E-state index in [0.29, 0.717) is 30.3 Å². The fourth-order valence-corrected chi connectivity index (χ4v) is 4.17. The van der Waals surface area contributed by atoms with Crippen LogP contribution in [0.15, 0.2) is 42.5 Å². The van der Waals surface area contributed by atoms with E-state index in [1.165, 1.54) is 11.1 Å². The smallest absolute Gasteiger partial charge is 0.241 e. The number of fused-ring (bicyclic) bond motifs is 2. The van der Waals surface area contributed by atoms with Crippen LogP contribution in [0.5, 0.6) is 5.75 Å². The minimum absolute atomic E-state index is 0.0425. The molecule has 0 saturated carbocycles.